The normalized spacial score (nSPS) is 11.1. The van der Waals surface area contributed by atoms with Crippen LogP contribution in [0.3, 0.4) is 0 Å². The number of carbonyl (C=O) groups is 1. The number of amides is 1. The van der Waals surface area contributed by atoms with Crippen molar-refractivity contribution in [3.05, 3.63) is 69.6 Å². The Morgan fingerprint density at radius 1 is 1.12 bits per heavy atom. The Kier molecular flexibility index (Phi) is 3.62. The zero-order valence-electron chi connectivity index (χ0n) is 13.6. The van der Waals surface area contributed by atoms with Gasteiger partial charge in [-0.2, -0.15) is 0 Å². The minimum absolute atomic E-state index is 0.0357. The molecule has 4 rings (SSSR count). The number of anilines is 1. The molecule has 0 fully saturated rings. The average molecular weight is 350 g/mol. The van der Waals surface area contributed by atoms with E-state index < -0.39 is 5.91 Å². The van der Waals surface area contributed by atoms with Crippen LogP contribution in [0.1, 0.15) is 21.5 Å². The van der Waals surface area contributed by atoms with Gasteiger partial charge in [0, 0.05) is 0 Å². The molecule has 0 aliphatic heterocycles. The van der Waals surface area contributed by atoms with E-state index in [0.717, 1.165) is 21.3 Å². The minimum atomic E-state index is -0.520. The van der Waals surface area contributed by atoms with E-state index in [4.69, 9.17) is 4.42 Å². The monoisotopic (exact) mass is 350 g/mol. The molecule has 0 aliphatic rings. The second-order valence-corrected chi connectivity index (χ2v) is 6.82. The molecule has 0 bridgehead atoms. The van der Waals surface area contributed by atoms with Gasteiger partial charge in [-0.05, 0) is 37.1 Å². The summed E-state index contributed by atoms with van der Waals surface area (Å²) in [7, 11) is 0. The van der Waals surface area contributed by atoms with Gasteiger partial charge in [0.15, 0.2) is 5.13 Å². The van der Waals surface area contributed by atoms with E-state index in [1.54, 1.807) is 24.3 Å². The molecule has 0 atom stereocenters. The van der Waals surface area contributed by atoms with Gasteiger partial charge < -0.3 is 4.42 Å². The van der Waals surface area contributed by atoms with E-state index in [1.807, 2.05) is 26.0 Å². The van der Waals surface area contributed by atoms with Crippen molar-refractivity contribution in [2.75, 3.05) is 5.32 Å². The van der Waals surface area contributed by atoms with Crippen LogP contribution in [-0.2, 0) is 0 Å². The lowest BCUT2D eigenvalue weighted by molar-refractivity contribution is 0.102. The first-order valence-corrected chi connectivity index (χ1v) is 8.55. The van der Waals surface area contributed by atoms with Gasteiger partial charge in [-0.3, -0.25) is 14.9 Å². The Labute approximate surface area is 146 Å². The van der Waals surface area contributed by atoms with E-state index in [1.165, 1.54) is 17.6 Å². The topological polar surface area (TPSA) is 72.2 Å². The largest absolute Gasteiger partial charge is 0.463 e. The molecule has 0 radical (unpaired) electrons. The lowest BCUT2D eigenvalue weighted by atomic mass is 10.1. The molecule has 6 heteroatoms. The number of para-hydroxylation sites is 1. The van der Waals surface area contributed by atoms with Crippen molar-refractivity contribution in [1.82, 2.24) is 4.98 Å². The molecule has 2 aromatic carbocycles. The maximum atomic E-state index is 12.5. The smallest absolute Gasteiger partial charge is 0.264 e. The van der Waals surface area contributed by atoms with Crippen molar-refractivity contribution in [2.45, 2.75) is 13.8 Å². The van der Waals surface area contributed by atoms with Crippen LogP contribution in [-0.4, -0.2) is 10.9 Å². The zero-order chi connectivity index (χ0) is 17.6. The molecule has 0 saturated heterocycles. The van der Waals surface area contributed by atoms with E-state index in [0.29, 0.717) is 16.1 Å². The average Bonchev–Trinajstić information content (AvgIpc) is 3.04. The molecule has 1 amide bonds. The van der Waals surface area contributed by atoms with Crippen LogP contribution in [0.2, 0.25) is 0 Å². The van der Waals surface area contributed by atoms with Crippen molar-refractivity contribution in [3.8, 4) is 0 Å². The van der Waals surface area contributed by atoms with E-state index in [2.05, 4.69) is 10.3 Å². The highest BCUT2D eigenvalue weighted by molar-refractivity contribution is 7.22. The third-order valence-corrected chi connectivity index (χ3v) is 5.19. The number of nitrogens with zero attached hydrogens (tertiary/aromatic N) is 1. The Morgan fingerprint density at radius 3 is 2.68 bits per heavy atom. The highest BCUT2D eigenvalue weighted by Crippen LogP contribution is 2.31. The molecule has 124 valence electrons. The second kappa shape index (κ2) is 5.82. The maximum absolute atomic E-state index is 12.5. The molecule has 1 N–H and O–H groups in total. The van der Waals surface area contributed by atoms with Gasteiger partial charge in [0.25, 0.3) is 5.91 Å². The maximum Gasteiger partial charge on any atom is 0.264 e. The Morgan fingerprint density at radius 2 is 1.88 bits per heavy atom. The van der Waals surface area contributed by atoms with Crippen LogP contribution in [0.15, 0.2) is 51.9 Å². The second-order valence-electron chi connectivity index (χ2n) is 5.82. The molecule has 2 heterocycles. The zero-order valence-corrected chi connectivity index (χ0v) is 14.4. The van der Waals surface area contributed by atoms with Gasteiger partial charge in [-0.15, -0.1) is 0 Å². The van der Waals surface area contributed by atoms with Crippen LogP contribution in [0.5, 0.6) is 0 Å². The molecule has 25 heavy (non-hydrogen) atoms. The summed E-state index contributed by atoms with van der Waals surface area (Å²) >= 11 is 1.39. The van der Waals surface area contributed by atoms with E-state index >= 15 is 0 Å². The number of hydrogen-bond donors (Lipinski definition) is 1. The van der Waals surface area contributed by atoms with E-state index in [9.17, 15) is 9.59 Å². The molecule has 0 spiro atoms. The minimum Gasteiger partial charge on any atom is -0.463 e. The van der Waals surface area contributed by atoms with Gasteiger partial charge in [-0.25, -0.2) is 4.98 Å². The van der Waals surface area contributed by atoms with Crippen LogP contribution in [0, 0.1) is 13.8 Å². The van der Waals surface area contributed by atoms with Gasteiger partial charge in [0.1, 0.15) is 17.4 Å². The molecule has 0 unspecified atom stereocenters. The van der Waals surface area contributed by atoms with Gasteiger partial charge >= 0.3 is 0 Å². The summed E-state index contributed by atoms with van der Waals surface area (Å²) in [5.74, 6) is -0.520. The number of aryl methyl sites for hydroxylation is 2. The summed E-state index contributed by atoms with van der Waals surface area (Å²) in [5.41, 5.74) is 3.08. The number of aromatic nitrogens is 1. The predicted molar refractivity (Wildman–Crippen MR) is 99.5 cm³/mol. The summed E-state index contributed by atoms with van der Waals surface area (Å²) < 4.78 is 6.43. The standard InChI is InChI=1S/C19H14N2O3S/c1-10-7-8-11(2)17-15(10)20-19(25-17)21-18(23)13-9-24-14-6-4-3-5-12(14)16(13)22/h3-9H,1-2H3,(H,20,21,23). The molecule has 4 aromatic rings. The SMILES string of the molecule is Cc1ccc(C)c2sc(NC(=O)c3coc4ccccc4c3=O)nc12. The van der Waals surface area contributed by atoms with Crippen molar-refractivity contribution >= 4 is 43.6 Å². The summed E-state index contributed by atoms with van der Waals surface area (Å²) in [6.45, 7) is 3.98. The van der Waals surface area contributed by atoms with Gasteiger partial charge in [-0.1, -0.05) is 35.6 Å². The summed E-state index contributed by atoms with van der Waals surface area (Å²) in [6, 6.07) is 10.9. The Hall–Kier alpha value is -2.99. The number of rotatable bonds is 2. The number of hydrogen-bond acceptors (Lipinski definition) is 5. The van der Waals surface area contributed by atoms with Crippen LogP contribution < -0.4 is 10.7 Å². The number of carbonyl (C=O) groups excluding carboxylic acids is 1. The van der Waals surface area contributed by atoms with E-state index in [-0.39, 0.29) is 11.0 Å². The van der Waals surface area contributed by atoms with Crippen LogP contribution in [0.25, 0.3) is 21.2 Å². The first-order valence-electron chi connectivity index (χ1n) is 7.73. The van der Waals surface area contributed by atoms with Crippen molar-refractivity contribution in [2.24, 2.45) is 0 Å². The van der Waals surface area contributed by atoms with Crippen molar-refractivity contribution in [3.63, 3.8) is 0 Å². The van der Waals surface area contributed by atoms with Crippen molar-refractivity contribution < 1.29 is 9.21 Å². The van der Waals surface area contributed by atoms with Crippen LogP contribution in [0.4, 0.5) is 5.13 Å². The summed E-state index contributed by atoms with van der Waals surface area (Å²) in [4.78, 5) is 29.5. The highest BCUT2D eigenvalue weighted by atomic mass is 32.1. The molecule has 5 nitrogen and oxygen atoms in total. The molecular weight excluding hydrogens is 336 g/mol. The Bertz CT molecular complexity index is 1150. The first-order chi connectivity index (χ1) is 12.0. The third kappa shape index (κ3) is 2.60. The van der Waals surface area contributed by atoms with Gasteiger partial charge in [0.2, 0.25) is 5.43 Å². The predicted octanol–water partition coefficient (Wildman–Crippen LogP) is 4.27. The lowest BCUT2D eigenvalue weighted by Gasteiger charge is -2.02. The number of fused-ring (bicyclic) bond motifs is 2. The van der Waals surface area contributed by atoms with Crippen molar-refractivity contribution in [1.29, 1.82) is 0 Å². The third-order valence-electron chi connectivity index (χ3n) is 4.09. The van der Waals surface area contributed by atoms with Gasteiger partial charge in [0.05, 0.1) is 15.6 Å². The molecule has 0 aliphatic carbocycles. The number of nitrogens with one attached hydrogen (secondary N) is 1. The summed E-state index contributed by atoms with van der Waals surface area (Å²) in [5, 5.41) is 3.56. The number of benzene rings is 2. The first kappa shape index (κ1) is 15.5. The molecule has 0 saturated carbocycles. The quantitative estimate of drug-likeness (QED) is 0.586. The fourth-order valence-corrected chi connectivity index (χ4v) is 3.72. The fraction of sp³-hybridized carbons (Fsp3) is 0.105. The van der Waals surface area contributed by atoms with Crippen LogP contribution >= 0.6 is 11.3 Å². The summed E-state index contributed by atoms with van der Waals surface area (Å²) in [6.07, 6.45) is 1.20. The fourth-order valence-electron chi connectivity index (χ4n) is 2.71. The lowest BCUT2D eigenvalue weighted by Crippen LogP contribution is -2.21. The number of thiazole rings is 1. The highest BCUT2D eigenvalue weighted by Gasteiger charge is 2.17. The Balaban J connectivity index is 1.73. The molecule has 2 aromatic heterocycles. The molecular formula is C19H14N2O3S.